The lowest BCUT2D eigenvalue weighted by Crippen LogP contribution is -2.06. The van der Waals surface area contributed by atoms with Crippen molar-refractivity contribution in [2.45, 2.75) is 13.5 Å². The van der Waals surface area contributed by atoms with Gasteiger partial charge in [-0.2, -0.15) is 0 Å². The third kappa shape index (κ3) is 5.66. The van der Waals surface area contributed by atoms with E-state index >= 15 is 0 Å². The zero-order valence-corrected chi connectivity index (χ0v) is 23.5. The van der Waals surface area contributed by atoms with Crippen LogP contribution in [0, 0.1) is 24.2 Å². The average Bonchev–Trinajstić information content (AvgIpc) is 3.13. The van der Waals surface area contributed by atoms with E-state index in [1.807, 2.05) is 36.4 Å². The predicted molar refractivity (Wildman–Crippen MR) is 149 cm³/mol. The fraction of sp³-hybridized carbons (Fsp3) is 0.0833. The van der Waals surface area contributed by atoms with Crippen molar-refractivity contribution in [3.05, 3.63) is 104 Å². The number of nitro benzene ring substituents is 1. The second-order valence-corrected chi connectivity index (χ2v) is 10.6. The molecule has 3 aromatic rings. The van der Waals surface area contributed by atoms with Gasteiger partial charge in [-0.05, 0) is 106 Å². The molecule has 7 nitrogen and oxygen atoms in total. The summed E-state index contributed by atoms with van der Waals surface area (Å²) in [5.41, 5.74) is 2.93. The van der Waals surface area contributed by atoms with Crippen LogP contribution >= 0.6 is 61.1 Å². The van der Waals surface area contributed by atoms with Crippen molar-refractivity contribution >= 4 is 84.7 Å². The molecule has 0 saturated heterocycles. The Morgan fingerprint density at radius 1 is 1.15 bits per heavy atom. The molecule has 0 radical (unpaired) electrons. The molecule has 0 saturated carbocycles. The van der Waals surface area contributed by atoms with Gasteiger partial charge in [-0.3, -0.25) is 10.1 Å². The topological polar surface area (TPSA) is 91.0 Å². The molecule has 1 heterocycles. The molecule has 10 heteroatoms. The van der Waals surface area contributed by atoms with Crippen LogP contribution in [0.4, 0.5) is 5.69 Å². The van der Waals surface area contributed by atoms with E-state index in [4.69, 9.17) is 9.47 Å². The summed E-state index contributed by atoms with van der Waals surface area (Å²) in [6.45, 7) is 2.06. The monoisotopic (exact) mass is 744 g/mol. The molecule has 0 fully saturated rings. The number of halogens is 3. The van der Waals surface area contributed by atoms with Crippen molar-refractivity contribution in [3.63, 3.8) is 0 Å². The maximum Gasteiger partial charge on any atom is 0.363 e. The van der Waals surface area contributed by atoms with Gasteiger partial charge >= 0.3 is 5.97 Å². The van der Waals surface area contributed by atoms with E-state index in [0.29, 0.717) is 17.7 Å². The van der Waals surface area contributed by atoms with Gasteiger partial charge in [0.1, 0.15) is 12.4 Å². The second-order valence-electron chi connectivity index (χ2n) is 7.33. The summed E-state index contributed by atoms with van der Waals surface area (Å²) < 4.78 is 14.1. The summed E-state index contributed by atoms with van der Waals surface area (Å²) >= 11 is 7.87. The van der Waals surface area contributed by atoms with E-state index in [-0.39, 0.29) is 17.3 Å². The van der Waals surface area contributed by atoms with Gasteiger partial charge in [0.05, 0.1) is 12.1 Å². The van der Waals surface area contributed by atoms with Gasteiger partial charge in [0.2, 0.25) is 5.90 Å². The number of nitrogens with zero attached hydrogens (tertiary/aromatic N) is 2. The van der Waals surface area contributed by atoms with Crippen molar-refractivity contribution in [1.82, 2.24) is 0 Å². The van der Waals surface area contributed by atoms with Gasteiger partial charge in [0.25, 0.3) is 5.69 Å². The van der Waals surface area contributed by atoms with E-state index in [1.165, 1.54) is 12.1 Å². The van der Waals surface area contributed by atoms with Gasteiger partial charge in [0.15, 0.2) is 5.70 Å². The van der Waals surface area contributed by atoms with Crippen LogP contribution in [0.3, 0.4) is 0 Å². The Labute approximate surface area is 230 Å². The number of ether oxygens (including phenoxy) is 2. The highest BCUT2D eigenvalue weighted by atomic mass is 127. The molecule has 172 valence electrons. The Balaban J connectivity index is 1.56. The highest BCUT2D eigenvalue weighted by molar-refractivity contribution is 14.1. The zero-order valence-electron chi connectivity index (χ0n) is 17.6. The molecule has 1 aliphatic heterocycles. The SMILES string of the molecule is Cc1cc(C2=N/C(=C\c3cc(I)c(OCc4cccc(Br)c4)c(I)c3)C(=O)O2)ccc1[N+](=O)[O-]. The summed E-state index contributed by atoms with van der Waals surface area (Å²) in [6, 6.07) is 16.2. The minimum atomic E-state index is -0.578. The molecule has 34 heavy (non-hydrogen) atoms. The molecule has 0 amide bonds. The van der Waals surface area contributed by atoms with E-state index in [2.05, 4.69) is 66.1 Å². The molecule has 0 aromatic heterocycles. The Bertz CT molecular complexity index is 1360. The van der Waals surface area contributed by atoms with Crippen LogP contribution in [0.25, 0.3) is 6.08 Å². The molecular weight excluding hydrogens is 730 g/mol. The molecular formula is C24H15BrI2N2O5. The summed E-state index contributed by atoms with van der Waals surface area (Å²) in [5.74, 6) is 0.307. The number of nitro groups is 1. The van der Waals surface area contributed by atoms with Crippen molar-refractivity contribution in [1.29, 1.82) is 0 Å². The number of cyclic esters (lactones) is 1. The molecule has 0 bridgehead atoms. The van der Waals surface area contributed by atoms with Crippen LogP contribution in [0.1, 0.15) is 22.3 Å². The molecule has 0 N–H and O–H groups in total. The van der Waals surface area contributed by atoms with Crippen LogP contribution in [-0.4, -0.2) is 16.8 Å². The fourth-order valence-electron chi connectivity index (χ4n) is 3.27. The summed E-state index contributed by atoms with van der Waals surface area (Å²) in [7, 11) is 0. The Hall–Kier alpha value is -2.32. The van der Waals surface area contributed by atoms with Crippen molar-refractivity contribution in [2.24, 2.45) is 4.99 Å². The average molecular weight is 745 g/mol. The maximum absolute atomic E-state index is 12.4. The summed E-state index contributed by atoms with van der Waals surface area (Å²) in [6.07, 6.45) is 1.65. The molecule has 3 aromatic carbocycles. The summed E-state index contributed by atoms with van der Waals surface area (Å²) in [5, 5.41) is 11.0. The van der Waals surface area contributed by atoms with Gasteiger partial charge < -0.3 is 9.47 Å². The van der Waals surface area contributed by atoms with Crippen LogP contribution in [0.2, 0.25) is 0 Å². The lowest BCUT2D eigenvalue weighted by molar-refractivity contribution is -0.385. The van der Waals surface area contributed by atoms with Crippen LogP contribution in [-0.2, 0) is 16.1 Å². The van der Waals surface area contributed by atoms with Gasteiger partial charge in [-0.15, -0.1) is 0 Å². The Kier molecular flexibility index (Phi) is 7.67. The lowest BCUT2D eigenvalue weighted by atomic mass is 10.1. The Morgan fingerprint density at radius 2 is 1.88 bits per heavy atom. The van der Waals surface area contributed by atoms with Crippen molar-refractivity contribution in [3.8, 4) is 5.75 Å². The highest BCUT2D eigenvalue weighted by Gasteiger charge is 2.25. The largest absolute Gasteiger partial charge is 0.487 e. The number of rotatable bonds is 6. The first kappa shape index (κ1) is 24.8. The van der Waals surface area contributed by atoms with Crippen molar-refractivity contribution < 1.29 is 19.2 Å². The maximum atomic E-state index is 12.4. The standard InChI is InChI=1S/C24H15BrI2N2O5/c1-13-7-16(5-6-21(13)29(31)32)23-28-20(24(30)34-23)11-15-9-18(26)22(19(27)10-15)33-12-14-3-2-4-17(25)8-14/h2-11H,12H2,1H3/b20-11-. The van der Waals surface area contributed by atoms with Gasteiger partial charge in [-0.1, -0.05) is 28.1 Å². The smallest absolute Gasteiger partial charge is 0.363 e. The minimum Gasteiger partial charge on any atom is -0.487 e. The third-order valence-corrected chi connectivity index (χ3v) is 6.95. The molecule has 0 aliphatic carbocycles. The normalized spacial score (nSPS) is 14.2. The predicted octanol–water partition coefficient (Wildman–Crippen LogP) is 6.80. The number of esters is 1. The van der Waals surface area contributed by atoms with E-state index < -0.39 is 10.9 Å². The van der Waals surface area contributed by atoms with Crippen molar-refractivity contribution in [2.75, 3.05) is 0 Å². The second kappa shape index (κ2) is 10.5. The van der Waals surface area contributed by atoms with E-state index in [1.54, 1.807) is 19.1 Å². The molecule has 1 aliphatic rings. The third-order valence-electron chi connectivity index (χ3n) is 4.86. The number of carbonyl (C=O) groups is 1. The zero-order chi connectivity index (χ0) is 24.4. The molecule has 0 atom stereocenters. The molecule has 4 rings (SSSR count). The summed E-state index contributed by atoms with van der Waals surface area (Å²) in [4.78, 5) is 27.3. The number of carbonyl (C=O) groups excluding carboxylic acids is 1. The first-order valence-electron chi connectivity index (χ1n) is 9.85. The molecule has 0 unspecified atom stereocenters. The lowest BCUT2D eigenvalue weighted by Gasteiger charge is -2.12. The first-order chi connectivity index (χ1) is 16.2. The van der Waals surface area contributed by atoms with Crippen LogP contribution in [0.5, 0.6) is 5.75 Å². The number of hydrogen-bond acceptors (Lipinski definition) is 6. The number of aliphatic imine (C=N–C) groups is 1. The molecule has 0 spiro atoms. The Morgan fingerprint density at radius 3 is 2.53 bits per heavy atom. The van der Waals surface area contributed by atoms with Gasteiger partial charge in [-0.25, -0.2) is 9.79 Å². The highest BCUT2D eigenvalue weighted by Crippen LogP contribution is 2.31. The van der Waals surface area contributed by atoms with Crippen LogP contribution < -0.4 is 4.74 Å². The fourth-order valence-corrected chi connectivity index (χ4v) is 5.84. The van der Waals surface area contributed by atoms with Crippen LogP contribution in [0.15, 0.2) is 69.8 Å². The first-order valence-corrected chi connectivity index (χ1v) is 12.8. The van der Waals surface area contributed by atoms with E-state index in [0.717, 1.165) is 28.5 Å². The number of hydrogen-bond donors (Lipinski definition) is 0. The quantitative estimate of drug-likeness (QED) is 0.0912. The number of aryl methyl sites for hydroxylation is 1. The van der Waals surface area contributed by atoms with E-state index in [9.17, 15) is 14.9 Å². The number of benzene rings is 3. The van der Waals surface area contributed by atoms with Gasteiger partial charge in [0, 0.05) is 21.7 Å². The minimum absolute atomic E-state index is 0.00389.